The third-order valence-electron chi connectivity index (χ3n) is 3.48. The van der Waals surface area contributed by atoms with Crippen LogP contribution in [0.25, 0.3) is 0 Å². The molecule has 1 aromatic rings. The van der Waals surface area contributed by atoms with Crippen molar-refractivity contribution >= 4 is 5.97 Å². The van der Waals surface area contributed by atoms with Crippen molar-refractivity contribution in [2.24, 2.45) is 0 Å². The standard InChI is InChI=1S/C11H15N3O3/c15-11(16)8-2-1-4-14-10(8)12-9(13-14)7-3-5-17-6-7/h7-8H,1-6H2,(H,15,16). The maximum absolute atomic E-state index is 11.1. The van der Waals surface area contributed by atoms with Crippen molar-refractivity contribution in [1.29, 1.82) is 0 Å². The third-order valence-corrected chi connectivity index (χ3v) is 3.48. The van der Waals surface area contributed by atoms with E-state index in [1.54, 1.807) is 4.68 Å². The van der Waals surface area contributed by atoms with E-state index < -0.39 is 11.9 Å². The molecule has 3 heterocycles. The number of rotatable bonds is 2. The first-order chi connectivity index (χ1) is 8.25. The maximum atomic E-state index is 11.1. The summed E-state index contributed by atoms with van der Waals surface area (Å²) in [6.07, 6.45) is 2.45. The fraction of sp³-hybridized carbons (Fsp3) is 0.727. The first-order valence-electron chi connectivity index (χ1n) is 6.01. The first-order valence-corrected chi connectivity index (χ1v) is 6.01. The maximum Gasteiger partial charge on any atom is 0.314 e. The number of carboxylic acids is 1. The zero-order chi connectivity index (χ0) is 11.8. The van der Waals surface area contributed by atoms with Crippen molar-refractivity contribution in [3.8, 4) is 0 Å². The van der Waals surface area contributed by atoms with Crippen LogP contribution in [0.3, 0.4) is 0 Å². The number of nitrogens with zero attached hydrogens (tertiary/aromatic N) is 3. The van der Waals surface area contributed by atoms with Crippen LogP contribution in [0, 0.1) is 0 Å². The van der Waals surface area contributed by atoms with Crippen molar-refractivity contribution in [3.05, 3.63) is 11.6 Å². The Bertz CT molecular complexity index is 437. The van der Waals surface area contributed by atoms with E-state index in [1.165, 1.54) is 0 Å². The molecule has 6 heteroatoms. The second kappa shape index (κ2) is 4.10. The minimum atomic E-state index is -0.799. The summed E-state index contributed by atoms with van der Waals surface area (Å²) in [5.74, 6) is 0.318. The van der Waals surface area contributed by atoms with Crippen LogP contribution in [0.4, 0.5) is 0 Å². The second-order valence-electron chi connectivity index (χ2n) is 4.64. The topological polar surface area (TPSA) is 77.2 Å². The van der Waals surface area contributed by atoms with E-state index in [1.807, 2.05) is 0 Å². The zero-order valence-electron chi connectivity index (χ0n) is 9.50. The van der Waals surface area contributed by atoms with Gasteiger partial charge in [-0.25, -0.2) is 9.67 Å². The Balaban J connectivity index is 1.92. The number of carbonyl (C=O) groups is 1. The lowest BCUT2D eigenvalue weighted by atomic mass is 9.99. The predicted molar refractivity (Wildman–Crippen MR) is 57.8 cm³/mol. The Morgan fingerprint density at radius 2 is 2.35 bits per heavy atom. The normalized spacial score (nSPS) is 28.0. The molecule has 2 unspecified atom stereocenters. The van der Waals surface area contributed by atoms with Gasteiger partial charge in [0.2, 0.25) is 0 Å². The molecule has 2 aliphatic heterocycles. The van der Waals surface area contributed by atoms with E-state index in [0.717, 1.165) is 31.8 Å². The highest BCUT2D eigenvalue weighted by Gasteiger charge is 2.32. The lowest BCUT2D eigenvalue weighted by molar-refractivity contribution is -0.139. The molecule has 92 valence electrons. The lowest BCUT2D eigenvalue weighted by Crippen LogP contribution is -2.22. The average Bonchev–Trinajstić information content (AvgIpc) is 2.96. The third kappa shape index (κ3) is 1.82. The van der Waals surface area contributed by atoms with Gasteiger partial charge in [-0.15, -0.1) is 0 Å². The van der Waals surface area contributed by atoms with E-state index in [9.17, 15) is 4.79 Å². The number of aromatic nitrogens is 3. The molecular weight excluding hydrogens is 222 g/mol. The molecule has 1 saturated heterocycles. The summed E-state index contributed by atoms with van der Waals surface area (Å²) < 4.78 is 7.07. The summed E-state index contributed by atoms with van der Waals surface area (Å²) in [4.78, 5) is 15.6. The molecule has 17 heavy (non-hydrogen) atoms. The SMILES string of the molecule is O=C(O)C1CCCn2nc(C3CCOC3)nc21. The van der Waals surface area contributed by atoms with Crippen molar-refractivity contribution in [1.82, 2.24) is 14.8 Å². The number of ether oxygens (including phenoxy) is 1. The fourth-order valence-electron chi connectivity index (χ4n) is 2.51. The molecule has 0 aromatic carbocycles. The largest absolute Gasteiger partial charge is 0.481 e. The van der Waals surface area contributed by atoms with Gasteiger partial charge in [-0.1, -0.05) is 0 Å². The molecule has 0 spiro atoms. The van der Waals surface area contributed by atoms with Crippen LogP contribution in [-0.2, 0) is 16.1 Å². The Hall–Kier alpha value is -1.43. The van der Waals surface area contributed by atoms with Gasteiger partial charge in [0.05, 0.1) is 6.61 Å². The van der Waals surface area contributed by atoms with Gasteiger partial charge in [0.1, 0.15) is 11.7 Å². The minimum Gasteiger partial charge on any atom is -0.481 e. The quantitative estimate of drug-likeness (QED) is 0.821. The highest BCUT2D eigenvalue weighted by atomic mass is 16.5. The van der Waals surface area contributed by atoms with E-state index >= 15 is 0 Å². The van der Waals surface area contributed by atoms with Crippen molar-refractivity contribution in [2.45, 2.75) is 37.6 Å². The Kier molecular flexibility index (Phi) is 2.58. The predicted octanol–water partition coefficient (Wildman–Crippen LogP) is 0.744. The van der Waals surface area contributed by atoms with E-state index in [0.29, 0.717) is 18.9 Å². The molecule has 0 amide bonds. The molecule has 2 aliphatic rings. The molecule has 1 N–H and O–H groups in total. The van der Waals surface area contributed by atoms with Crippen molar-refractivity contribution in [3.63, 3.8) is 0 Å². The van der Waals surface area contributed by atoms with Crippen LogP contribution < -0.4 is 0 Å². The summed E-state index contributed by atoms with van der Waals surface area (Å²) in [7, 11) is 0. The molecular formula is C11H15N3O3. The number of aliphatic carboxylic acids is 1. The van der Waals surface area contributed by atoms with Crippen LogP contribution in [0.2, 0.25) is 0 Å². The first kappa shape index (κ1) is 10.7. The van der Waals surface area contributed by atoms with Gasteiger partial charge in [0, 0.05) is 19.1 Å². The number of aryl methyl sites for hydroxylation is 1. The van der Waals surface area contributed by atoms with Crippen LogP contribution in [0.15, 0.2) is 0 Å². The number of carboxylic acid groups (broad SMARTS) is 1. The van der Waals surface area contributed by atoms with Crippen LogP contribution >= 0.6 is 0 Å². The van der Waals surface area contributed by atoms with Gasteiger partial charge < -0.3 is 9.84 Å². The summed E-state index contributed by atoms with van der Waals surface area (Å²) in [6, 6.07) is 0. The van der Waals surface area contributed by atoms with E-state index in [4.69, 9.17) is 9.84 Å². The molecule has 0 radical (unpaired) electrons. The van der Waals surface area contributed by atoms with Gasteiger partial charge in [-0.05, 0) is 19.3 Å². The molecule has 0 bridgehead atoms. The molecule has 0 saturated carbocycles. The number of fused-ring (bicyclic) bond motifs is 1. The average molecular weight is 237 g/mol. The monoisotopic (exact) mass is 237 g/mol. The number of hydrogen-bond acceptors (Lipinski definition) is 4. The van der Waals surface area contributed by atoms with Crippen LogP contribution in [0.5, 0.6) is 0 Å². The highest BCUT2D eigenvalue weighted by molar-refractivity contribution is 5.75. The smallest absolute Gasteiger partial charge is 0.314 e. The molecule has 1 fully saturated rings. The van der Waals surface area contributed by atoms with Gasteiger partial charge in [0.25, 0.3) is 0 Å². The van der Waals surface area contributed by atoms with Crippen molar-refractivity contribution < 1.29 is 14.6 Å². The molecule has 3 rings (SSSR count). The zero-order valence-corrected chi connectivity index (χ0v) is 9.50. The Morgan fingerprint density at radius 1 is 1.47 bits per heavy atom. The van der Waals surface area contributed by atoms with Gasteiger partial charge in [0.15, 0.2) is 5.82 Å². The summed E-state index contributed by atoms with van der Waals surface area (Å²) in [5, 5.41) is 13.6. The summed E-state index contributed by atoms with van der Waals surface area (Å²) in [5.41, 5.74) is 0. The van der Waals surface area contributed by atoms with Gasteiger partial charge in [-0.3, -0.25) is 4.79 Å². The Labute approximate surface area is 98.6 Å². The van der Waals surface area contributed by atoms with Crippen molar-refractivity contribution in [2.75, 3.05) is 13.2 Å². The highest BCUT2D eigenvalue weighted by Crippen LogP contribution is 2.29. The second-order valence-corrected chi connectivity index (χ2v) is 4.64. The number of hydrogen-bond donors (Lipinski definition) is 1. The summed E-state index contributed by atoms with van der Waals surface area (Å²) in [6.45, 7) is 2.18. The molecule has 0 aliphatic carbocycles. The minimum absolute atomic E-state index is 0.238. The molecule has 1 aromatic heterocycles. The summed E-state index contributed by atoms with van der Waals surface area (Å²) >= 11 is 0. The van der Waals surface area contributed by atoms with Gasteiger partial charge >= 0.3 is 5.97 Å². The fourth-order valence-corrected chi connectivity index (χ4v) is 2.51. The van der Waals surface area contributed by atoms with Gasteiger partial charge in [-0.2, -0.15) is 5.10 Å². The van der Waals surface area contributed by atoms with E-state index in [-0.39, 0.29) is 5.92 Å². The lowest BCUT2D eigenvalue weighted by Gasteiger charge is -2.17. The molecule has 6 nitrogen and oxygen atoms in total. The van der Waals surface area contributed by atoms with Crippen LogP contribution in [-0.4, -0.2) is 39.1 Å². The Morgan fingerprint density at radius 3 is 3.06 bits per heavy atom. The molecule has 2 atom stereocenters. The van der Waals surface area contributed by atoms with E-state index in [2.05, 4.69) is 10.1 Å². The van der Waals surface area contributed by atoms with Crippen LogP contribution in [0.1, 0.15) is 42.7 Å².